The molecule has 1 aromatic carbocycles. The van der Waals surface area contributed by atoms with E-state index in [1.165, 1.54) is 29.7 Å². The van der Waals surface area contributed by atoms with Gasteiger partial charge in [-0.05, 0) is 37.9 Å². The highest BCUT2D eigenvalue weighted by Crippen LogP contribution is 2.26. The van der Waals surface area contributed by atoms with E-state index in [1.54, 1.807) is 0 Å². The molecule has 3 nitrogen and oxygen atoms in total. The summed E-state index contributed by atoms with van der Waals surface area (Å²) < 4.78 is 2.23. The molecule has 0 bridgehead atoms. The van der Waals surface area contributed by atoms with E-state index < -0.39 is 0 Å². The van der Waals surface area contributed by atoms with Gasteiger partial charge >= 0.3 is 0 Å². The second-order valence-corrected chi connectivity index (χ2v) is 4.62. The van der Waals surface area contributed by atoms with E-state index in [4.69, 9.17) is 4.98 Å². The van der Waals surface area contributed by atoms with Crippen molar-refractivity contribution in [1.82, 2.24) is 14.9 Å². The van der Waals surface area contributed by atoms with Gasteiger partial charge in [-0.1, -0.05) is 12.1 Å². The Balaban J connectivity index is 2.18. The SMILES string of the molecule is Cc1cccc2c1nc(C1CCCN1)n2C. The van der Waals surface area contributed by atoms with Crippen molar-refractivity contribution in [2.24, 2.45) is 7.05 Å². The summed E-state index contributed by atoms with van der Waals surface area (Å²) >= 11 is 0. The lowest BCUT2D eigenvalue weighted by atomic mass is 10.2. The third-order valence-electron chi connectivity index (χ3n) is 3.52. The van der Waals surface area contributed by atoms with Crippen molar-refractivity contribution < 1.29 is 0 Å². The Morgan fingerprint density at radius 2 is 2.31 bits per heavy atom. The van der Waals surface area contributed by atoms with Crippen LogP contribution in [0, 0.1) is 6.92 Å². The Morgan fingerprint density at radius 1 is 1.44 bits per heavy atom. The van der Waals surface area contributed by atoms with Crippen molar-refractivity contribution in [2.45, 2.75) is 25.8 Å². The first-order valence-electron chi connectivity index (χ1n) is 5.92. The highest BCUT2D eigenvalue weighted by atomic mass is 15.1. The number of benzene rings is 1. The molecule has 1 saturated heterocycles. The Bertz CT molecular complexity index is 521. The summed E-state index contributed by atoms with van der Waals surface area (Å²) in [7, 11) is 2.12. The van der Waals surface area contributed by atoms with Crippen LogP contribution in [-0.4, -0.2) is 16.1 Å². The average molecular weight is 215 g/mol. The summed E-state index contributed by atoms with van der Waals surface area (Å²) in [4.78, 5) is 4.79. The minimum Gasteiger partial charge on any atom is -0.330 e. The fraction of sp³-hybridized carbons (Fsp3) is 0.462. The van der Waals surface area contributed by atoms with Crippen molar-refractivity contribution in [3.63, 3.8) is 0 Å². The van der Waals surface area contributed by atoms with E-state index in [0.717, 1.165) is 12.1 Å². The molecule has 16 heavy (non-hydrogen) atoms. The molecule has 2 aromatic rings. The van der Waals surface area contributed by atoms with E-state index in [2.05, 4.69) is 42.1 Å². The fourth-order valence-electron chi connectivity index (χ4n) is 2.59. The van der Waals surface area contributed by atoms with Crippen molar-refractivity contribution in [1.29, 1.82) is 0 Å². The molecule has 0 spiro atoms. The van der Waals surface area contributed by atoms with Crippen LogP contribution in [-0.2, 0) is 7.05 Å². The molecular formula is C13H17N3. The third-order valence-corrected chi connectivity index (χ3v) is 3.52. The van der Waals surface area contributed by atoms with E-state index >= 15 is 0 Å². The molecule has 3 rings (SSSR count). The zero-order valence-electron chi connectivity index (χ0n) is 9.83. The number of fused-ring (bicyclic) bond motifs is 1. The van der Waals surface area contributed by atoms with Crippen molar-refractivity contribution >= 4 is 11.0 Å². The molecule has 1 fully saturated rings. The van der Waals surface area contributed by atoms with Gasteiger partial charge in [0.25, 0.3) is 0 Å². The molecule has 1 aromatic heterocycles. The van der Waals surface area contributed by atoms with Crippen molar-refractivity contribution in [3.8, 4) is 0 Å². The van der Waals surface area contributed by atoms with Crippen molar-refractivity contribution in [3.05, 3.63) is 29.6 Å². The summed E-state index contributed by atoms with van der Waals surface area (Å²) in [6.07, 6.45) is 2.46. The Labute approximate surface area is 95.5 Å². The molecular weight excluding hydrogens is 198 g/mol. The number of imidazole rings is 1. The van der Waals surface area contributed by atoms with E-state index in [1.807, 2.05) is 0 Å². The topological polar surface area (TPSA) is 29.9 Å². The molecule has 1 N–H and O–H groups in total. The summed E-state index contributed by atoms with van der Waals surface area (Å²) in [5.41, 5.74) is 3.65. The fourth-order valence-corrected chi connectivity index (χ4v) is 2.59. The van der Waals surface area contributed by atoms with Gasteiger partial charge in [-0.15, -0.1) is 0 Å². The Morgan fingerprint density at radius 3 is 3.00 bits per heavy atom. The zero-order valence-corrected chi connectivity index (χ0v) is 9.83. The molecule has 84 valence electrons. The average Bonchev–Trinajstić information content (AvgIpc) is 2.88. The molecule has 1 unspecified atom stereocenters. The second-order valence-electron chi connectivity index (χ2n) is 4.62. The third kappa shape index (κ3) is 1.35. The zero-order chi connectivity index (χ0) is 11.1. The number of nitrogens with one attached hydrogen (secondary N) is 1. The summed E-state index contributed by atoms with van der Waals surface area (Å²) in [6, 6.07) is 6.82. The lowest BCUT2D eigenvalue weighted by Crippen LogP contribution is -2.16. The molecule has 2 heterocycles. The maximum atomic E-state index is 4.79. The molecule has 0 saturated carbocycles. The lowest BCUT2D eigenvalue weighted by molar-refractivity contribution is 0.584. The first-order valence-corrected chi connectivity index (χ1v) is 5.92. The molecule has 0 amide bonds. The number of hydrogen-bond donors (Lipinski definition) is 1. The maximum absolute atomic E-state index is 4.79. The number of aromatic nitrogens is 2. The molecule has 3 heteroatoms. The van der Waals surface area contributed by atoms with Gasteiger partial charge in [-0.2, -0.15) is 0 Å². The van der Waals surface area contributed by atoms with Crippen LogP contribution in [0.15, 0.2) is 18.2 Å². The van der Waals surface area contributed by atoms with Gasteiger partial charge in [0.05, 0.1) is 17.1 Å². The predicted molar refractivity (Wildman–Crippen MR) is 65.4 cm³/mol. The van der Waals surface area contributed by atoms with Gasteiger partial charge in [0.2, 0.25) is 0 Å². The molecule has 1 aliphatic heterocycles. The number of hydrogen-bond acceptors (Lipinski definition) is 2. The van der Waals surface area contributed by atoms with Crippen LogP contribution in [0.25, 0.3) is 11.0 Å². The monoisotopic (exact) mass is 215 g/mol. The van der Waals surface area contributed by atoms with Gasteiger partial charge < -0.3 is 9.88 Å². The number of para-hydroxylation sites is 1. The van der Waals surface area contributed by atoms with Crippen LogP contribution >= 0.6 is 0 Å². The number of aryl methyl sites for hydroxylation is 2. The van der Waals surface area contributed by atoms with Gasteiger partial charge in [0, 0.05) is 7.05 Å². The predicted octanol–water partition coefficient (Wildman–Crippen LogP) is 2.31. The second kappa shape index (κ2) is 3.59. The van der Waals surface area contributed by atoms with Gasteiger partial charge in [0.15, 0.2) is 0 Å². The smallest absolute Gasteiger partial charge is 0.126 e. The highest BCUT2D eigenvalue weighted by molar-refractivity contribution is 5.79. The Kier molecular flexibility index (Phi) is 2.21. The van der Waals surface area contributed by atoms with E-state index in [-0.39, 0.29) is 0 Å². The van der Waals surface area contributed by atoms with Crippen LogP contribution in [0.5, 0.6) is 0 Å². The van der Waals surface area contributed by atoms with E-state index in [9.17, 15) is 0 Å². The van der Waals surface area contributed by atoms with Crippen LogP contribution in [0.2, 0.25) is 0 Å². The van der Waals surface area contributed by atoms with Crippen LogP contribution in [0.4, 0.5) is 0 Å². The maximum Gasteiger partial charge on any atom is 0.126 e. The Hall–Kier alpha value is -1.35. The lowest BCUT2D eigenvalue weighted by Gasteiger charge is -2.09. The molecule has 0 aliphatic carbocycles. The molecule has 0 radical (unpaired) electrons. The normalized spacial score (nSPS) is 20.8. The van der Waals surface area contributed by atoms with Crippen molar-refractivity contribution in [2.75, 3.05) is 6.54 Å². The summed E-state index contributed by atoms with van der Waals surface area (Å²) in [5, 5.41) is 3.51. The first kappa shape index (κ1) is 9.85. The van der Waals surface area contributed by atoms with Gasteiger partial charge in [-0.25, -0.2) is 4.98 Å². The number of nitrogens with zero attached hydrogens (tertiary/aromatic N) is 2. The standard InChI is InChI=1S/C13H17N3/c1-9-5-3-7-11-12(9)15-13(16(11)2)10-6-4-8-14-10/h3,5,7,10,14H,4,6,8H2,1-2H3. The number of rotatable bonds is 1. The summed E-state index contributed by atoms with van der Waals surface area (Å²) in [5.74, 6) is 1.18. The quantitative estimate of drug-likeness (QED) is 0.791. The highest BCUT2D eigenvalue weighted by Gasteiger charge is 2.21. The van der Waals surface area contributed by atoms with E-state index in [0.29, 0.717) is 6.04 Å². The van der Waals surface area contributed by atoms with Gasteiger partial charge in [-0.3, -0.25) is 0 Å². The van der Waals surface area contributed by atoms with Crippen LogP contribution in [0.1, 0.15) is 30.3 Å². The minimum absolute atomic E-state index is 0.441. The summed E-state index contributed by atoms with van der Waals surface area (Å²) in [6.45, 7) is 3.24. The molecule has 1 aliphatic rings. The van der Waals surface area contributed by atoms with Crippen LogP contribution in [0.3, 0.4) is 0 Å². The minimum atomic E-state index is 0.441. The first-order chi connectivity index (χ1) is 7.77. The van der Waals surface area contributed by atoms with Gasteiger partial charge in [0.1, 0.15) is 5.82 Å². The van der Waals surface area contributed by atoms with Crippen LogP contribution < -0.4 is 5.32 Å². The molecule has 1 atom stereocenters. The largest absolute Gasteiger partial charge is 0.330 e.